The molecule has 0 atom stereocenters. The highest BCUT2D eigenvalue weighted by atomic mass is 127. The molecule has 0 amide bonds. The molecule has 126 valence electrons. The molecule has 0 aliphatic rings. The van der Waals surface area contributed by atoms with E-state index in [9.17, 15) is 0 Å². The fourth-order valence-electron chi connectivity index (χ4n) is 2.61. The Balaban J connectivity index is 1.93. The molecular weight excluding hydrogens is 548 g/mol. The van der Waals surface area contributed by atoms with Crippen molar-refractivity contribution in [2.24, 2.45) is 0 Å². The van der Waals surface area contributed by atoms with E-state index in [2.05, 4.69) is 69.4 Å². The van der Waals surface area contributed by atoms with E-state index < -0.39 is 0 Å². The van der Waals surface area contributed by atoms with E-state index in [1.54, 1.807) is 0 Å². The van der Waals surface area contributed by atoms with E-state index >= 15 is 0 Å². The zero-order valence-electron chi connectivity index (χ0n) is 13.6. The molecule has 3 aromatic carbocycles. The maximum Gasteiger partial charge on any atom is 0.164 e. The van der Waals surface area contributed by atoms with Gasteiger partial charge in [-0.25, -0.2) is 15.0 Å². The summed E-state index contributed by atoms with van der Waals surface area (Å²) in [6, 6.07) is 26.4. The number of aromatic nitrogens is 3. The van der Waals surface area contributed by atoms with Crippen LogP contribution in [0.2, 0.25) is 0 Å². The zero-order chi connectivity index (χ0) is 17.9. The van der Waals surface area contributed by atoms with Gasteiger partial charge in [-0.05, 0) is 69.4 Å². The van der Waals surface area contributed by atoms with Gasteiger partial charge in [-0.15, -0.1) is 0 Å². The topological polar surface area (TPSA) is 38.7 Å². The number of rotatable bonds is 3. The van der Waals surface area contributed by atoms with Crippen LogP contribution in [0, 0.1) is 7.14 Å². The Labute approximate surface area is 179 Å². The van der Waals surface area contributed by atoms with Gasteiger partial charge in [0.2, 0.25) is 0 Å². The third kappa shape index (κ3) is 3.93. The standard InChI is InChI=1S/C21H13I2N3/c22-17-10-4-8-15(12-17)20-24-19(14-6-2-1-3-7-14)25-21(26-20)16-9-5-11-18(23)13-16/h1-13H. The Morgan fingerprint density at radius 2 is 0.885 bits per heavy atom. The molecule has 4 rings (SSSR count). The maximum absolute atomic E-state index is 4.75. The van der Waals surface area contributed by atoms with E-state index in [0.29, 0.717) is 17.5 Å². The first-order valence-corrected chi connectivity index (χ1v) is 10.2. The summed E-state index contributed by atoms with van der Waals surface area (Å²) < 4.78 is 2.30. The summed E-state index contributed by atoms with van der Waals surface area (Å²) in [4.78, 5) is 14.2. The molecule has 4 aromatic rings. The third-order valence-corrected chi connectivity index (χ3v) is 5.18. The predicted octanol–water partition coefficient (Wildman–Crippen LogP) is 6.08. The normalized spacial score (nSPS) is 10.7. The molecule has 0 aliphatic carbocycles. The first kappa shape index (κ1) is 17.5. The lowest BCUT2D eigenvalue weighted by Gasteiger charge is -2.08. The lowest BCUT2D eigenvalue weighted by molar-refractivity contribution is 1.07. The van der Waals surface area contributed by atoms with Crippen molar-refractivity contribution in [1.29, 1.82) is 0 Å². The summed E-state index contributed by atoms with van der Waals surface area (Å²) in [6.07, 6.45) is 0. The Kier molecular flexibility index (Phi) is 5.26. The lowest BCUT2D eigenvalue weighted by Crippen LogP contribution is -2.00. The predicted molar refractivity (Wildman–Crippen MR) is 122 cm³/mol. The Hall–Kier alpha value is -1.87. The number of halogens is 2. The highest BCUT2D eigenvalue weighted by Crippen LogP contribution is 2.26. The fraction of sp³-hybridized carbons (Fsp3) is 0. The van der Waals surface area contributed by atoms with E-state index in [1.807, 2.05) is 54.6 Å². The van der Waals surface area contributed by atoms with E-state index in [1.165, 1.54) is 0 Å². The van der Waals surface area contributed by atoms with Crippen LogP contribution in [0.25, 0.3) is 34.2 Å². The molecule has 0 aliphatic heterocycles. The van der Waals surface area contributed by atoms with Crippen LogP contribution in [0.1, 0.15) is 0 Å². The average molecular weight is 561 g/mol. The molecule has 0 unspecified atom stereocenters. The quantitative estimate of drug-likeness (QED) is 0.285. The van der Waals surface area contributed by atoms with Crippen molar-refractivity contribution < 1.29 is 0 Å². The molecule has 5 heteroatoms. The Morgan fingerprint density at radius 1 is 0.462 bits per heavy atom. The molecule has 0 radical (unpaired) electrons. The molecule has 3 nitrogen and oxygen atoms in total. The van der Waals surface area contributed by atoms with Gasteiger partial charge in [0.05, 0.1) is 0 Å². The van der Waals surface area contributed by atoms with Crippen molar-refractivity contribution in [1.82, 2.24) is 15.0 Å². The van der Waals surface area contributed by atoms with Crippen LogP contribution >= 0.6 is 45.2 Å². The summed E-state index contributed by atoms with van der Waals surface area (Å²) in [5.41, 5.74) is 2.96. The van der Waals surface area contributed by atoms with Gasteiger partial charge in [-0.1, -0.05) is 54.6 Å². The monoisotopic (exact) mass is 561 g/mol. The average Bonchev–Trinajstić information content (AvgIpc) is 2.68. The molecule has 0 spiro atoms. The van der Waals surface area contributed by atoms with Gasteiger partial charge in [0, 0.05) is 23.8 Å². The fourth-order valence-corrected chi connectivity index (χ4v) is 3.69. The number of nitrogens with zero attached hydrogens (tertiary/aromatic N) is 3. The van der Waals surface area contributed by atoms with Crippen LogP contribution in [-0.2, 0) is 0 Å². The van der Waals surface area contributed by atoms with Gasteiger partial charge >= 0.3 is 0 Å². The molecule has 1 heterocycles. The molecule has 26 heavy (non-hydrogen) atoms. The number of hydrogen-bond donors (Lipinski definition) is 0. The van der Waals surface area contributed by atoms with Crippen LogP contribution in [0.4, 0.5) is 0 Å². The van der Waals surface area contributed by atoms with Gasteiger partial charge in [0.15, 0.2) is 17.5 Å². The van der Waals surface area contributed by atoms with Gasteiger partial charge in [-0.3, -0.25) is 0 Å². The molecule has 0 saturated heterocycles. The summed E-state index contributed by atoms with van der Waals surface area (Å²) in [6.45, 7) is 0. The minimum absolute atomic E-state index is 0.684. The molecule has 0 fully saturated rings. The molecule has 0 saturated carbocycles. The van der Waals surface area contributed by atoms with Crippen LogP contribution in [0.5, 0.6) is 0 Å². The maximum atomic E-state index is 4.75. The minimum Gasteiger partial charge on any atom is -0.208 e. The van der Waals surface area contributed by atoms with Crippen molar-refractivity contribution in [3.05, 3.63) is 86.0 Å². The van der Waals surface area contributed by atoms with Crippen molar-refractivity contribution in [3.63, 3.8) is 0 Å². The van der Waals surface area contributed by atoms with Crippen LogP contribution in [-0.4, -0.2) is 15.0 Å². The van der Waals surface area contributed by atoms with Crippen molar-refractivity contribution >= 4 is 45.2 Å². The first-order valence-electron chi connectivity index (χ1n) is 8.02. The van der Waals surface area contributed by atoms with E-state index in [4.69, 9.17) is 15.0 Å². The summed E-state index contributed by atoms with van der Waals surface area (Å²) in [5, 5.41) is 0. The SMILES string of the molecule is Ic1cccc(-c2nc(-c3ccccc3)nc(-c3cccc(I)c3)n2)c1. The molecule has 1 aromatic heterocycles. The number of hydrogen-bond acceptors (Lipinski definition) is 3. The van der Waals surface area contributed by atoms with Gasteiger partial charge < -0.3 is 0 Å². The highest BCUT2D eigenvalue weighted by Gasteiger charge is 2.12. The van der Waals surface area contributed by atoms with Crippen LogP contribution in [0.15, 0.2) is 78.9 Å². The van der Waals surface area contributed by atoms with Crippen molar-refractivity contribution in [3.8, 4) is 34.2 Å². The van der Waals surface area contributed by atoms with Crippen LogP contribution in [0.3, 0.4) is 0 Å². The van der Waals surface area contributed by atoms with Gasteiger partial charge in [-0.2, -0.15) is 0 Å². The molecule has 0 N–H and O–H groups in total. The van der Waals surface area contributed by atoms with Gasteiger partial charge in [0.1, 0.15) is 0 Å². The van der Waals surface area contributed by atoms with Crippen LogP contribution < -0.4 is 0 Å². The second kappa shape index (κ2) is 7.79. The minimum atomic E-state index is 0.684. The Bertz CT molecular complexity index is 1000. The molecule has 0 bridgehead atoms. The zero-order valence-corrected chi connectivity index (χ0v) is 17.9. The second-order valence-corrected chi connectivity index (χ2v) is 8.18. The smallest absolute Gasteiger partial charge is 0.164 e. The van der Waals surface area contributed by atoms with Crippen molar-refractivity contribution in [2.75, 3.05) is 0 Å². The highest BCUT2D eigenvalue weighted by molar-refractivity contribution is 14.1. The van der Waals surface area contributed by atoms with E-state index in [-0.39, 0.29) is 0 Å². The summed E-state index contributed by atoms with van der Waals surface area (Å²) in [7, 11) is 0. The summed E-state index contributed by atoms with van der Waals surface area (Å²) in [5.74, 6) is 2.06. The van der Waals surface area contributed by atoms with Crippen molar-refractivity contribution in [2.45, 2.75) is 0 Å². The third-order valence-electron chi connectivity index (χ3n) is 3.83. The Morgan fingerprint density at radius 3 is 1.35 bits per heavy atom. The second-order valence-electron chi connectivity index (χ2n) is 5.69. The van der Waals surface area contributed by atoms with E-state index in [0.717, 1.165) is 23.8 Å². The molecular formula is C21H13I2N3. The van der Waals surface area contributed by atoms with Gasteiger partial charge in [0.25, 0.3) is 0 Å². The lowest BCUT2D eigenvalue weighted by atomic mass is 10.1. The number of benzene rings is 3. The largest absolute Gasteiger partial charge is 0.208 e. The first-order chi connectivity index (χ1) is 12.7. The summed E-state index contributed by atoms with van der Waals surface area (Å²) >= 11 is 4.61.